The summed E-state index contributed by atoms with van der Waals surface area (Å²) in [5.74, 6) is -1.71. The summed E-state index contributed by atoms with van der Waals surface area (Å²) >= 11 is 0. The Morgan fingerprint density at radius 2 is 2.05 bits per heavy atom. The fraction of sp³-hybridized carbons (Fsp3) is 0.562. The predicted molar refractivity (Wildman–Crippen MR) is 76.1 cm³/mol. The topological polar surface area (TPSA) is 40.5 Å². The van der Waals surface area contributed by atoms with Gasteiger partial charge in [-0.3, -0.25) is 9.69 Å². The van der Waals surface area contributed by atoms with Gasteiger partial charge in [-0.15, -0.1) is 0 Å². The quantitative estimate of drug-likeness (QED) is 0.928. The molecule has 5 heteroatoms. The number of carboxylic acid groups (broad SMARTS) is 1. The molecule has 0 amide bonds. The molecule has 1 aliphatic rings. The maximum absolute atomic E-state index is 14.1. The van der Waals surface area contributed by atoms with Crippen molar-refractivity contribution in [2.24, 2.45) is 5.41 Å². The van der Waals surface area contributed by atoms with E-state index in [1.807, 2.05) is 4.90 Å². The number of benzene rings is 1. The van der Waals surface area contributed by atoms with E-state index in [1.165, 1.54) is 19.1 Å². The summed E-state index contributed by atoms with van der Waals surface area (Å²) in [6.45, 7) is 6.06. The van der Waals surface area contributed by atoms with Gasteiger partial charge in [-0.1, -0.05) is 0 Å². The zero-order valence-corrected chi connectivity index (χ0v) is 12.6. The van der Waals surface area contributed by atoms with Crippen LogP contribution in [0.3, 0.4) is 0 Å². The maximum atomic E-state index is 14.1. The van der Waals surface area contributed by atoms with Gasteiger partial charge < -0.3 is 5.11 Å². The summed E-state index contributed by atoms with van der Waals surface area (Å²) < 4.78 is 27.8. The first-order valence-corrected chi connectivity index (χ1v) is 7.17. The number of halogens is 2. The average Bonchev–Trinajstić information content (AvgIpc) is 2.42. The second-order valence-corrected chi connectivity index (χ2v) is 6.24. The van der Waals surface area contributed by atoms with Gasteiger partial charge in [0.05, 0.1) is 5.41 Å². The molecule has 0 aromatic heterocycles. The van der Waals surface area contributed by atoms with Gasteiger partial charge in [-0.05, 0) is 57.9 Å². The van der Waals surface area contributed by atoms with Crippen molar-refractivity contribution in [1.82, 2.24) is 4.90 Å². The Hall–Kier alpha value is -1.49. The number of carbonyl (C=O) groups is 1. The molecule has 0 aliphatic carbocycles. The number of carboxylic acids is 1. The van der Waals surface area contributed by atoms with Crippen molar-refractivity contribution in [2.75, 3.05) is 13.1 Å². The van der Waals surface area contributed by atoms with Crippen LogP contribution >= 0.6 is 0 Å². The molecule has 2 atom stereocenters. The molecule has 1 N–H and O–H groups in total. The Morgan fingerprint density at radius 3 is 2.67 bits per heavy atom. The van der Waals surface area contributed by atoms with Crippen molar-refractivity contribution < 1.29 is 18.7 Å². The third-order valence-corrected chi connectivity index (χ3v) is 4.52. The number of nitrogens with zero attached hydrogens (tertiary/aromatic N) is 1. The molecule has 1 aromatic rings. The van der Waals surface area contributed by atoms with Crippen LogP contribution < -0.4 is 0 Å². The summed E-state index contributed by atoms with van der Waals surface area (Å²) in [6, 6.07) is 2.07. The maximum Gasteiger partial charge on any atom is 0.310 e. The van der Waals surface area contributed by atoms with Crippen LogP contribution in [-0.2, 0) is 4.79 Å². The van der Waals surface area contributed by atoms with Gasteiger partial charge in [0, 0.05) is 18.2 Å². The molecular formula is C16H21F2NO2. The normalized spacial score (nSPS) is 24.8. The number of rotatable bonds is 3. The molecule has 3 nitrogen and oxygen atoms in total. The molecule has 0 radical (unpaired) electrons. The van der Waals surface area contributed by atoms with E-state index >= 15 is 0 Å². The van der Waals surface area contributed by atoms with Gasteiger partial charge in [-0.25, -0.2) is 8.78 Å². The van der Waals surface area contributed by atoms with E-state index in [4.69, 9.17) is 0 Å². The number of hydrogen-bond donors (Lipinski definition) is 1. The molecule has 116 valence electrons. The van der Waals surface area contributed by atoms with Crippen LogP contribution in [0.1, 0.15) is 43.9 Å². The molecule has 0 saturated carbocycles. The van der Waals surface area contributed by atoms with Crippen LogP contribution in [0.5, 0.6) is 0 Å². The van der Waals surface area contributed by atoms with Crippen LogP contribution in [0, 0.1) is 24.0 Å². The Morgan fingerprint density at radius 1 is 1.38 bits per heavy atom. The third-order valence-electron chi connectivity index (χ3n) is 4.52. The zero-order chi connectivity index (χ0) is 15.8. The van der Waals surface area contributed by atoms with Crippen LogP contribution in [-0.4, -0.2) is 29.1 Å². The predicted octanol–water partition coefficient (Wildman–Crippen LogP) is 3.52. The molecule has 1 saturated heterocycles. The van der Waals surface area contributed by atoms with Crippen molar-refractivity contribution in [3.63, 3.8) is 0 Å². The van der Waals surface area contributed by atoms with E-state index in [0.29, 0.717) is 19.5 Å². The highest BCUT2D eigenvalue weighted by Crippen LogP contribution is 2.35. The van der Waals surface area contributed by atoms with Crippen LogP contribution in [0.25, 0.3) is 0 Å². The highest BCUT2D eigenvalue weighted by molar-refractivity contribution is 5.74. The van der Waals surface area contributed by atoms with E-state index in [1.54, 1.807) is 13.8 Å². The van der Waals surface area contributed by atoms with Gasteiger partial charge in [0.15, 0.2) is 0 Å². The summed E-state index contributed by atoms with van der Waals surface area (Å²) in [5, 5.41) is 9.34. The van der Waals surface area contributed by atoms with E-state index in [2.05, 4.69) is 0 Å². The fourth-order valence-electron chi connectivity index (χ4n) is 2.96. The van der Waals surface area contributed by atoms with Gasteiger partial charge >= 0.3 is 5.97 Å². The molecular weight excluding hydrogens is 276 g/mol. The van der Waals surface area contributed by atoms with Gasteiger partial charge in [-0.2, -0.15) is 0 Å². The van der Waals surface area contributed by atoms with E-state index in [0.717, 1.165) is 6.42 Å². The number of piperidine rings is 1. The van der Waals surface area contributed by atoms with Crippen molar-refractivity contribution >= 4 is 5.97 Å². The smallest absolute Gasteiger partial charge is 0.310 e. The molecule has 1 heterocycles. The number of likely N-dealkylation sites (tertiary alicyclic amines) is 1. The monoisotopic (exact) mass is 297 g/mol. The minimum Gasteiger partial charge on any atom is -0.481 e. The molecule has 1 fully saturated rings. The Balaban J connectivity index is 2.26. The first kappa shape index (κ1) is 15.9. The Bertz CT molecular complexity index is 561. The summed E-state index contributed by atoms with van der Waals surface area (Å²) in [4.78, 5) is 13.3. The molecule has 0 spiro atoms. The molecule has 1 aliphatic heterocycles. The standard InChI is InChI=1S/C16H21F2NO2/c1-10-7-14(18)12(8-13(10)17)11(2)19-6-4-5-16(3,9-19)15(20)21/h7-8,11H,4-6,9H2,1-3H3,(H,20,21). The first-order valence-electron chi connectivity index (χ1n) is 7.17. The Kier molecular flexibility index (Phi) is 4.33. The summed E-state index contributed by atoms with van der Waals surface area (Å²) in [7, 11) is 0. The molecule has 1 aromatic carbocycles. The third kappa shape index (κ3) is 3.07. The van der Waals surface area contributed by atoms with Crippen LogP contribution in [0.2, 0.25) is 0 Å². The molecule has 2 rings (SSSR count). The second kappa shape index (κ2) is 5.72. The van der Waals surface area contributed by atoms with Crippen molar-refractivity contribution in [3.05, 3.63) is 34.9 Å². The lowest BCUT2D eigenvalue weighted by atomic mass is 9.81. The van der Waals surface area contributed by atoms with Crippen molar-refractivity contribution in [1.29, 1.82) is 0 Å². The van der Waals surface area contributed by atoms with E-state index < -0.39 is 23.0 Å². The van der Waals surface area contributed by atoms with Crippen LogP contribution in [0.15, 0.2) is 12.1 Å². The molecule has 21 heavy (non-hydrogen) atoms. The van der Waals surface area contributed by atoms with E-state index in [-0.39, 0.29) is 17.2 Å². The second-order valence-electron chi connectivity index (χ2n) is 6.24. The van der Waals surface area contributed by atoms with Gasteiger partial charge in [0.1, 0.15) is 11.6 Å². The van der Waals surface area contributed by atoms with Gasteiger partial charge in [0.25, 0.3) is 0 Å². The first-order chi connectivity index (χ1) is 9.74. The minimum absolute atomic E-state index is 0.275. The van der Waals surface area contributed by atoms with Crippen molar-refractivity contribution in [3.8, 4) is 0 Å². The minimum atomic E-state index is -0.838. The lowest BCUT2D eigenvalue weighted by Crippen LogP contribution is -2.46. The lowest BCUT2D eigenvalue weighted by Gasteiger charge is -2.40. The van der Waals surface area contributed by atoms with Crippen LogP contribution in [0.4, 0.5) is 8.78 Å². The zero-order valence-electron chi connectivity index (χ0n) is 12.6. The average molecular weight is 297 g/mol. The molecule has 2 unspecified atom stereocenters. The van der Waals surface area contributed by atoms with E-state index in [9.17, 15) is 18.7 Å². The summed E-state index contributed by atoms with van der Waals surface area (Å²) in [5.41, 5.74) is -0.267. The number of aryl methyl sites for hydroxylation is 1. The van der Waals surface area contributed by atoms with Gasteiger partial charge in [0.2, 0.25) is 0 Å². The highest BCUT2D eigenvalue weighted by Gasteiger charge is 2.39. The summed E-state index contributed by atoms with van der Waals surface area (Å²) in [6.07, 6.45) is 1.35. The largest absolute Gasteiger partial charge is 0.481 e. The lowest BCUT2D eigenvalue weighted by molar-refractivity contribution is -0.151. The highest BCUT2D eigenvalue weighted by atomic mass is 19.1. The number of hydrogen-bond acceptors (Lipinski definition) is 2. The molecule has 0 bridgehead atoms. The number of aliphatic carboxylic acids is 1. The SMILES string of the molecule is Cc1cc(F)c(C(C)N2CCCC(C)(C(=O)O)C2)cc1F. The fourth-order valence-corrected chi connectivity index (χ4v) is 2.96. The van der Waals surface area contributed by atoms with Crippen molar-refractivity contribution in [2.45, 2.75) is 39.7 Å². The Labute approximate surface area is 123 Å².